The van der Waals surface area contributed by atoms with Gasteiger partial charge in [0.05, 0.1) is 34.6 Å². The number of pyridine rings is 2. The van der Waals surface area contributed by atoms with Gasteiger partial charge in [0.25, 0.3) is 0 Å². The van der Waals surface area contributed by atoms with E-state index in [1.165, 1.54) is 11.8 Å². The molecule has 5 atom stereocenters. The van der Waals surface area contributed by atoms with Crippen molar-refractivity contribution in [2.75, 3.05) is 37.3 Å². The predicted molar refractivity (Wildman–Crippen MR) is 152 cm³/mol. The maximum Gasteiger partial charge on any atom is 0.211 e. The molecule has 1 saturated carbocycles. The second kappa shape index (κ2) is 10.7. The zero-order valence-corrected chi connectivity index (χ0v) is 24.6. The minimum atomic E-state index is -3.10. The summed E-state index contributed by atoms with van der Waals surface area (Å²) < 4.78 is 31.8. The van der Waals surface area contributed by atoms with Gasteiger partial charge in [0.2, 0.25) is 10.0 Å². The van der Waals surface area contributed by atoms with E-state index in [1.807, 2.05) is 13.1 Å². The van der Waals surface area contributed by atoms with Crippen LogP contribution in [0.5, 0.6) is 0 Å². The van der Waals surface area contributed by atoms with Gasteiger partial charge in [-0.1, -0.05) is 29.3 Å². The number of nitrogens with one attached hydrogen (secondary N) is 2. The van der Waals surface area contributed by atoms with Crippen LogP contribution in [0.1, 0.15) is 62.3 Å². The van der Waals surface area contributed by atoms with Crippen molar-refractivity contribution in [3.8, 4) is 0 Å². The average molecular weight is 596 g/mol. The van der Waals surface area contributed by atoms with Crippen LogP contribution in [0, 0.1) is 11.3 Å². The standard InChI is InChI=1S/C27H36Cl2N6O3S/c1-17(25-21(28)13-30-14-22(25)29)38-19-4-5-23-20(11-19)26(33-32-23)18-3-6-24(31-12-18)34-15-27(16-34)7-9-35(10-8-27)39(2,36)37/h3,6,12-14,17,19-20,23,26,32-33H,4-5,7-11,15-16H2,1-2H3/t17-,19?,20?,23?,26?/m1/s1. The van der Waals surface area contributed by atoms with E-state index < -0.39 is 10.0 Å². The van der Waals surface area contributed by atoms with Crippen LogP contribution in [0.2, 0.25) is 10.0 Å². The molecule has 2 aromatic rings. The number of piperidine rings is 1. The van der Waals surface area contributed by atoms with Crippen LogP contribution in [-0.4, -0.2) is 67.3 Å². The molecule has 0 aromatic carbocycles. The molecule has 1 aliphatic carbocycles. The molecule has 3 saturated heterocycles. The Bertz CT molecular complexity index is 1280. The Morgan fingerprint density at radius 3 is 2.44 bits per heavy atom. The number of ether oxygens (including phenoxy) is 1. The van der Waals surface area contributed by atoms with E-state index in [0.29, 0.717) is 35.1 Å². The zero-order chi connectivity index (χ0) is 27.4. The normalized spacial score (nSPS) is 29.7. The lowest BCUT2D eigenvalue weighted by Gasteiger charge is -2.54. The minimum absolute atomic E-state index is 0.115. The summed E-state index contributed by atoms with van der Waals surface area (Å²) in [4.78, 5) is 11.2. The highest BCUT2D eigenvalue weighted by Crippen LogP contribution is 2.44. The van der Waals surface area contributed by atoms with E-state index in [4.69, 9.17) is 32.9 Å². The molecule has 1 spiro atoms. The first-order valence-electron chi connectivity index (χ1n) is 13.7. The third-order valence-electron chi connectivity index (χ3n) is 9.16. The molecule has 4 aliphatic rings. The molecule has 12 heteroatoms. The Kier molecular flexibility index (Phi) is 7.58. The average Bonchev–Trinajstić information content (AvgIpc) is 3.30. The van der Waals surface area contributed by atoms with Crippen LogP contribution < -0.4 is 15.8 Å². The number of nitrogens with zero attached hydrogens (tertiary/aromatic N) is 4. The molecule has 2 aromatic heterocycles. The van der Waals surface area contributed by atoms with E-state index in [-0.39, 0.29) is 23.7 Å². The number of hydrazine groups is 1. The Labute approximate surface area is 240 Å². The molecule has 0 bridgehead atoms. The van der Waals surface area contributed by atoms with Gasteiger partial charge >= 0.3 is 0 Å². The molecular weight excluding hydrogens is 559 g/mol. The Balaban J connectivity index is 1.06. The lowest BCUT2D eigenvalue weighted by atomic mass is 9.72. The third-order valence-corrected chi connectivity index (χ3v) is 11.1. The highest BCUT2D eigenvalue weighted by atomic mass is 35.5. The summed E-state index contributed by atoms with van der Waals surface area (Å²) in [6, 6.07) is 4.86. The first kappa shape index (κ1) is 27.6. The lowest BCUT2D eigenvalue weighted by molar-refractivity contribution is -0.0370. The van der Waals surface area contributed by atoms with Gasteiger partial charge in [0.1, 0.15) is 5.82 Å². The first-order valence-corrected chi connectivity index (χ1v) is 16.3. The van der Waals surface area contributed by atoms with Crippen LogP contribution in [0.3, 0.4) is 0 Å². The molecule has 5 heterocycles. The van der Waals surface area contributed by atoms with E-state index in [9.17, 15) is 8.42 Å². The zero-order valence-electron chi connectivity index (χ0n) is 22.3. The molecule has 0 amide bonds. The molecule has 4 fully saturated rings. The van der Waals surface area contributed by atoms with E-state index >= 15 is 0 Å². The number of fused-ring (bicyclic) bond motifs is 1. The lowest BCUT2D eigenvalue weighted by Crippen LogP contribution is -2.61. The van der Waals surface area contributed by atoms with Gasteiger partial charge in [-0.05, 0) is 56.6 Å². The fourth-order valence-electron chi connectivity index (χ4n) is 6.94. The molecule has 212 valence electrons. The second-order valence-electron chi connectivity index (χ2n) is 11.7. The number of sulfonamides is 1. The highest BCUT2D eigenvalue weighted by molar-refractivity contribution is 7.88. The highest BCUT2D eigenvalue weighted by Gasteiger charge is 2.47. The maximum atomic E-state index is 11.8. The largest absolute Gasteiger partial charge is 0.370 e. The van der Waals surface area contributed by atoms with Crippen molar-refractivity contribution in [3.63, 3.8) is 0 Å². The number of rotatable bonds is 6. The second-order valence-corrected chi connectivity index (χ2v) is 14.5. The summed E-state index contributed by atoms with van der Waals surface area (Å²) in [5, 5.41) is 1.06. The number of hydrogen-bond donors (Lipinski definition) is 2. The van der Waals surface area contributed by atoms with Crippen LogP contribution in [0.4, 0.5) is 5.82 Å². The molecule has 4 unspecified atom stereocenters. The predicted octanol–water partition coefficient (Wildman–Crippen LogP) is 4.11. The van der Waals surface area contributed by atoms with Crippen LogP contribution >= 0.6 is 23.2 Å². The van der Waals surface area contributed by atoms with Crippen molar-refractivity contribution in [1.29, 1.82) is 0 Å². The summed E-state index contributed by atoms with van der Waals surface area (Å²) in [7, 11) is -3.10. The Morgan fingerprint density at radius 2 is 1.79 bits per heavy atom. The topological polar surface area (TPSA) is 99.7 Å². The van der Waals surface area contributed by atoms with Crippen molar-refractivity contribution in [1.82, 2.24) is 25.1 Å². The van der Waals surface area contributed by atoms with Gasteiger partial charge in [0, 0.05) is 61.8 Å². The van der Waals surface area contributed by atoms with Crippen LogP contribution in [0.15, 0.2) is 30.7 Å². The van der Waals surface area contributed by atoms with Crippen molar-refractivity contribution in [3.05, 3.63) is 51.9 Å². The van der Waals surface area contributed by atoms with Gasteiger partial charge in [-0.15, -0.1) is 0 Å². The maximum absolute atomic E-state index is 11.8. The molecule has 3 aliphatic heterocycles. The van der Waals surface area contributed by atoms with Gasteiger partial charge in [-0.3, -0.25) is 10.4 Å². The third kappa shape index (κ3) is 5.54. The quantitative estimate of drug-likeness (QED) is 0.515. The van der Waals surface area contributed by atoms with Crippen LogP contribution in [-0.2, 0) is 14.8 Å². The summed E-state index contributed by atoms with van der Waals surface area (Å²) in [6.07, 6.45) is 11.2. The van der Waals surface area contributed by atoms with Gasteiger partial charge in [-0.2, -0.15) is 0 Å². The first-order chi connectivity index (χ1) is 18.6. The number of halogens is 2. The fourth-order valence-corrected chi connectivity index (χ4v) is 8.46. The fraction of sp³-hybridized carbons (Fsp3) is 0.630. The van der Waals surface area contributed by atoms with Gasteiger partial charge in [-0.25, -0.2) is 23.1 Å². The van der Waals surface area contributed by atoms with Crippen molar-refractivity contribution in [2.24, 2.45) is 11.3 Å². The smallest absolute Gasteiger partial charge is 0.211 e. The Hall–Kier alpha value is -1.53. The van der Waals surface area contributed by atoms with Crippen molar-refractivity contribution in [2.45, 2.75) is 63.3 Å². The number of aromatic nitrogens is 2. The van der Waals surface area contributed by atoms with Crippen molar-refractivity contribution < 1.29 is 13.2 Å². The molecular formula is C27H36Cl2N6O3S. The molecule has 0 radical (unpaired) electrons. The summed E-state index contributed by atoms with van der Waals surface area (Å²) >= 11 is 12.7. The van der Waals surface area contributed by atoms with E-state index in [0.717, 1.165) is 56.6 Å². The SMILES string of the molecule is C[C@@H](OC1CCC2NNC(c3ccc(N4CC5(CCN(S(C)(=O)=O)CC5)C4)nc3)C2C1)c1c(Cl)cncc1Cl. The van der Waals surface area contributed by atoms with E-state index in [1.54, 1.807) is 16.7 Å². The molecule has 2 N–H and O–H groups in total. The summed E-state index contributed by atoms with van der Waals surface area (Å²) in [6.45, 7) is 5.11. The van der Waals surface area contributed by atoms with Crippen molar-refractivity contribution >= 4 is 39.0 Å². The molecule has 6 rings (SSSR count). The van der Waals surface area contributed by atoms with Crippen LogP contribution in [0.25, 0.3) is 0 Å². The number of hydrogen-bond acceptors (Lipinski definition) is 8. The van der Waals surface area contributed by atoms with Gasteiger partial charge in [0.15, 0.2) is 0 Å². The Morgan fingerprint density at radius 1 is 1.08 bits per heavy atom. The molecule has 39 heavy (non-hydrogen) atoms. The minimum Gasteiger partial charge on any atom is -0.370 e. The molecule has 9 nitrogen and oxygen atoms in total. The summed E-state index contributed by atoms with van der Waals surface area (Å²) in [5.74, 6) is 1.38. The van der Waals surface area contributed by atoms with E-state index in [2.05, 4.69) is 32.9 Å². The van der Waals surface area contributed by atoms with Gasteiger partial charge < -0.3 is 9.64 Å². The monoisotopic (exact) mass is 594 g/mol. The number of anilines is 1. The summed E-state index contributed by atoms with van der Waals surface area (Å²) in [5.41, 5.74) is 9.20.